The molecule has 2 saturated heterocycles. The second-order valence-electron chi connectivity index (χ2n) is 7.40. The van der Waals surface area contributed by atoms with Crippen LogP contribution in [0, 0.1) is 0 Å². The van der Waals surface area contributed by atoms with Crippen molar-refractivity contribution in [2.75, 3.05) is 43.2 Å². The van der Waals surface area contributed by atoms with E-state index in [1.54, 1.807) is 19.2 Å². The zero-order chi connectivity index (χ0) is 20.6. The van der Waals surface area contributed by atoms with Gasteiger partial charge in [0.15, 0.2) is 5.82 Å². The van der Waals surface area contributed by atoms with Crippen LogP contribution in [0.4, 0.5) is 11.6 Å². The molecule has 29 heavy (non-hydrogen) atoms. The van der Waals surface area contributed by atoms with E-state index in [0.717, 1.165) is 30.9 Å². The molecule has 0 radical (unpaired) electrons. The lowest BCUT2D eigenvalue weighted by Gasteiger charge is -2.34. The van der Waals surface area contributed by atoms with Crippen LogP contribution >= 0.6 is 11.6 Å². The van der Waals surface area contributed by atoms with Crippen LogP contribution in [0.1, 0.15) is 30.7 Å². The van der Waals surface area contributed by atoms with E-state index in [9.17, 15) is 4.21 Å². The first-order valence-electron chi connectivity index (χ1n) is 9.68. The molecule has 0 amide bonds. The number of morpholine rings is 1. The maximum Gasteiger partial charge on any atom is 0.162 e. The summed E-state index contributed by atoms with van der Waals surface area (Å²) in [4.78, 5) is 15.8. The average molecular weight is 437 g/mol. The summed E-state index contributed by atoms with van der Waals surface area (Å²) in [5, 5.41) is 0.0718. The van der Waals surface area contributed by atoms with Gasteiger partial charge >= 0.3 is 0 Å². The third-order valence-corrected chi connectivity index (χ3v) is 8.50. The predicted molar refractivity (Wildman–Crippen MR) is 116 cm³/mol. The Morgan fingerprint density at radius 3 is 2.86 bits per heavy atom. The number of aromatic nitrogens is 3. The lowest BCUT2D eigenvalue weighted by atomic mass is 10.1. The Bertz CT molecular complexity index is 1020. The fourth-order valence-electron chi connectivity index (χ4n) is 3.96. The maximum atomic E-state index is 13.3. The highest BCUT2D eigenvalue weighted by atomic mass is 35.5. The standard InChI is InChI=1S/C19H25ClN6O2S/c1-12-11-28-6-5-26(12)18-10-14(15-4-3-7-29(15,27)22-2)23-19(25-18)13-8-16(20)24-17(21)9-13/h8-10,12,15H,3-7,11H2,1-2H3,(H2,21,24)/t12-,15-,29?/m1/s1. The number of ether oxygens (including phenoxy) is 1. The van der Waals surface area contributed by atoms with Crippen LogP contribution in [0.3, 0.4) is 0 Å². The molecule has 0 spiro atoms. The summed E-state index contributed by atoms with van der Waals surface area (Å²) in [6.07, 6.45) is 1.67. The molecule has 2 aliphatic heterocycles. The van der Waals surface area contributed by atoms with Crippen LogP contribution < -0.4 is 10.6 Å². The lowest BCUT2D eigenvalue weighted by Crippen LogP contribution is -2.44. The van der Waals surface area contributed by atoms with E-state index in [1.165, 1.54) is 0 Å². The quantitative estimate of drug-likeness (QED) is 0.737. The van der Waals surface area contributed by atoms with Crippen molar-refractivity contribution in [2.24, 2.45) is 4.36 Å². The van der Waals surface area contributed by atoms with Crippen LogP contribution in [0.5, 0.6) is 0 Å². The molecule has 0 bridgehead atoms. The number of anilines is 2. The van der Waals surface area contributed by atoms with Gasteiger partial charge in [-0.1, -0.05) is 11.6 Å². The van der Waals surface area contributed by atoms with Gasteiger partial charge in [-0.05, 0) is 31.9 Å². The van der Waals surface area contributed by atoms with Crippen molar-refractivity contribution in [2.45, 2.75) is 31.1 Å². The molecule has 0 aliphatic carbocycles. The molecule has 4 rings (SSSR count). The van der Waals surface area contributed by atoms with Gasteiger partial charge in [-0.15, -0.1) is 0 Å². The van der Waals surface area contributed by atoms with E-state index in [0.29, 0.717) is 36.2 Å². The smallest absolute Gasteiger partial charge is 0.162 e. The van der Waals surface area contributed by atoms with E-state index in [2.05, 4.69) is 21.2 Å². The van der Waals surface area contributed by atoms with Crippen molar-refractivity contribution in [1.29, 1.82) is 0 Å². The molecule has 2 aromatic rings. The van der Waals surface area contributed by atoms with E-state index in [4.69, 9.17) is 32.0 Å². The fourth-order valence-corrected chi connectivity index (χ4v) is 6.51. The number of nitrogens with zero attached hydrogens (tertiary/aromatic N) is 5. The van der Waals surface area contributed by atoms with Crippen LogP contribution in [-0.2, 0) is 14.5 Å². The molecule has 156 valence electrons. The lowest BCUT2D eigenvalue weighted by molar-refractivity contribution is 0.0985. The highest BCUT2D eigenvalue weighted by molar-refractivity contribution is 7.94. The number of halogens is 1. The highest BCUT2D eigenvalue weighted by Gasteiger charge is 2.33. The number of nitrogens with two attached hydrogens (primary N) is 1. The number of hydrogen-bond donors (Lipinski definition) is 1. The van der Waals surface area contributed by atoms with E-state index in [-0.39, 0.29) is 16.4 Å². The topological polar surface area (TPSA) is 107 Å². The van der Waals surface area contributed by atoms with Gasteiger partial charge < -0.3 is 15.4 Å². The van der Waals surface area contributed by atoms with Gasteiger partial charge in [-0.25, -0.2) is 23.5 Å². The number of rotatable bonds is 3. The molecule has 2 aliphatic rings. The van der Waals surface area contributed by atoms with Gasteiger partial charge in [0.1, 0.15) is 16.8 Å². The fraction of sp³-hybridized carbons (Fsp3) is 0.526. The summed E-state index contributed by atoms with van der Waals surface area (Å²) in [7, 11) is -0.697. The summed E-state index contributed by atoms with van der Waals surface area (Å²) < 4.78 is 23.1. The molecular formula is C19H25ClN6O2S. The molecule has 0 aromatic carbocycles. The SMILES string of the molecule is CN=S1(=O)CCC[C@@H]1c1cc(N2CCOC[C@H]2C)nc(-c2cc(N)nc(Cl)c2)n1. The summed E-state index contributed by atoms with van der Waals surface area (Å²) >= 11 is 6.11. The molecule has 8 nitrogen and oxygen atoms in total. The second kappa shape index (κ2) is 8.04. The number of nitrogen functional groups attached to an aromatic ring is 1. The second-order valence-corrected chi connectivity index (χ2v) is 10.5. The summed E-state index contributed by atoms with van der Waals surface area (Å²) in [5.74, 6) is 2.19. The van der Waals surface area contributed by atoms with E-state index in [1.807, 2.05) is 6.07 Å². The largest absolute Gasteiger partial charge is 0.384 e. The van der Waals surface area contributed by atoms with Crippen LogP contribution in [0.25, 0.3) is 11.4 Å². The van der Waals surface area contributed by atoms with Gasteiger partial charge in [0, 0.05) is 31.0 Å². The van der Waals surface area contributed by atoms with Crippen molar-refractivity contribution >= 4 is 33.0 Å². The summed E-state index contributed by atoms with van der Waals surface area (Å²) in [6, 6.07) is 5.53. The Morgan fingerprint density at radius 2 is 2.14 bits per heavy atom. The summed E-state index contributed by atoms with van der Waals surface area (Å²) in [5.41, 5.74) is 7.32. The molecule has 2 fully saturated rings. The third kappa shape index (κ3) is 4.04. The third-order valence-electron chi connectivity index (χ3n) is 5.45. The van der Waals surface area contributed by atoms with Crippen molar-refractivity contribution in [1.82, 2.24) is 15.0 Å². The van der Waals surface area contributed by atoms with Gasteiger partial charge in [-0.2, -0.15) is 0 Å². The van der Waals surface area contributed by atoms with E-state index >= 15 is 0 Å². The normalized spacial score (nSPS) is 27.2. The monoisotopic (exact) mass is 436 g/mol. The minimum Gasteiger partial charge on any atom is -0.384 e. The molecule has 1 unspecified atom stereocenters. The Balaban J connectivity index is 1.87. The minimum absolute atomic E-state index is 0.175. The molecule has 10 heteroatoms. The Morgan fingerprint density at radius 1 is 1.31 bits per heavy atom. The zero-order valence-electron chi connectivity index (χ0n) is 16.5. The Labute approximate surface area is 176 Å². The summed E-state index contributed by atoms with van der Waals surface area (Å²) in [6.45, 7) is 4.10. The Kier molecular flexibility index (Phi) is 5.63. The van der Waals surface area contributed by atoms with Crippen molar-refractivity contribution in [3.8, 4) is 11.4 Å². The van der Waals surface area contributed by atoms with Gasteiger partial charge in [-0.3, -0.25) is 0 Å². The Hall–Kier alpha value is -1.97. The van der Waals surface area contributed by atoms with Crippen molar-refractivity contribution in [3.63, 3.8) is 0 Å². The first-order chi connectivity index (χ1) is 13.9. The average Bonchev–Trinajstić information content (AvgIpc) is 3.09. The van der Waals surface area contributed by atoms with Crippen LogP contribution in [0.15, 0.2) is 22.6 Å². The van der Waals surface area contributed by atoms with Crippen LogP contribution in [-0.4, -0.2) is 57.8 Å². The van der Waals surface area contributed by atoms with Crippen molar-refractivity contribution < 1.29 is 8.95 Å². The molecule has 2 aromatic heterocycles. The molecular weight excluding hydrogens is 412 g/mol. The maximum absolute atomic E-state index is 13.3. The molecule has 0 saturated carbocycles. The zero-order valence-corrected chi connectivity index (χ0v) is 18.1. The van der Waals surface area contributed by atoms with Crippen molar-refractivity contribution in [3.05, 3.63) is 29.0 Å². The van der Waals surface area contributed by atoms with E-state index < -0.39 is 9.73 Å². The minimum atomic E-state index is -2.33. The van der Waals surface area contributed by atoms with Gasteiger partial charge in [0.25, 0.3) is 0 Å². The van der Waals surface area contributed by atoms with Crippen LogP contribution in [0.2, 0.25) is 5.15 Å². The highest BCUT2D eigenvalue weighted by Crippen LogP contribution is 2.37. The first kappa shape index (κ1) is 20.3. The molecule has 3 atom stereocenters. The number of hydrogen-bond acceptors (Lipinski definition) is 8. The first-order valence-corrected chi connectivity index (χ1v) is 11.8. The molecule has 4 heterocycles. The van der Waals surface area contributed by atoms with Gasteiger partial charge in [0.05, 0.1) is 39.9 Å². The molecule has 2 N–H and O–H groups in total. The van der Waals surface area contributed by atoms with Gasteiger partial charge in [0.2, 0.25) is 0 Å². The number of pyridine rings is 1. The predicted octanol–water partition coefficient (Wildman–Crippen LogP) is 2.93.